The molecule has 4 N–H and O–H groups in total. The average molecular weight is 231 g/mol. The van der Waals surface area contributed by atoms with Crippen molar-refractivity contribution in [1.29, 1.82) is 0 Å². The van der Waals surface area contributed by atoms with Gasteiger partial charge in [-0.05, 0) is 6.42 Å². The first-order chi connectivity index (χ1) is 7.81. The second-order valence-corrected chi connectivity index (χ2v) is 3.64. The van der Waals surface area contributed by atoms with Gasteiger partial charge in [-0.2, -0.15) is 0 Å². The van der Waals surface area contributed by atoms with Crippen molar-refractivity contribution >= 4 is 5.97 Å². The van der Waals surface area contributed by atoms with Crippen molar-refractivity contribution in [3.63, 3.8) is 0 Å². The number of rotatable bonds is 11. The summed E-state index contributed by atoms with van der Waals surface area (Å²) in [5, 5.41) is 6.14. The Hall–Kier alpha value is -0.650. The Morgan fingerprint density at radius 1 is 1.19 bits per heavy atom. The highest BCUT2D eigenvalue weighted by atomic mass is 16.5. The third-order valence-electron chi connectivity index (χ3n) is 2.08. The molecule has 0 bridgehead atoms. The van der Waals surface area contributed by atoms with Gasteiger partial charge in [0.2, 0.25) is 0 Å². The second-order valence-electron chi connectivity index (χ2n) is 3.64. The number of nitrogens with two attached hydrogens (primary N) is 1. The highest BCUT2D eigenvalue weighted by Gasteiger charge is 2.00. The lowest BCUT2D eigenvalue weighted by Gasteiger charge is -2.06. The molecule has 0 heterocycles. The van der Waals surface area contributed by atoms with Gasteiger partial charge < -0.3 is 21.1 Å². The normalized spacial score (nSPS) is 10.4. The van der Waals surface area contributed by atoms with Crippen LogP contribution in [0, 0.1) is 0 Å². The van der Waals surface area contributed by atoms with Crippen LogP contribution in [0.3, 0.4) is 0 Å². The lowest BCUT2D eigenvalue weighted by Crippen LogP contribution is -2.33. The van der Waals surface area contributed by atoms with E-state index in [0.29, 0.717) is 13.2 Å². The molecule has 96 valence electrons. The van der Waals surface area contributed by atoms with Crippen LogP contribution in [-0.4, -0.2) is 45.3 Å². The lowest BCUT2D eigenvalue weighted by atomic mass is 10.3. The zero-order valence-electron chi connectivity index (χ0n) is 10.3. The van der Waals surface area contributed by atoms with Crippen molar-refractivity contribution < 1.29 is 9.53 Å². The number of unbranched alkanes of at least 4 members (excludes halogenated alkanes) is 2. The first-order valence-electron chi connectivity index (χ1n) is 6.08. The van der Waals surface area contributed by atoms with Crippen molar-refractivity contribution in [2.75, 3.05) is 39.3 Å². The van der Waals surface area contributed by atoms with Crippen LogP contribution in [0.4, 0.5) is 0 Å². The fourth-order valence-corrected chi connectivity index (χ4v) is 1.18. The van der Waals surface area contributed by atoms with E-state index in [1.54, 1.807) is 0 Å². The lowest BCUT2D eigenvalue weighted by molar-refractivity contribution is -0.142. The van der Waals surface area contributed by atoms with Crippen LogP contribution < -0.4 is 16.4 Å². The van der Waals surface area contributed by atoms with Crippen molar-refractivity contribution in [3.05, 3.63) is 0 Å². The maximum Gasteiger partial charge on any atom is 0.319 e. The standard InChI is InChI=1S/C11H25N3O2/c1-2-3-4-9-16-11(15)10-14-8-7-13-6-5-12/h13-14H,2-10,12H2,1H3. The van der Waals surface area contributed by atoms with Gasteiger partial charge in [0.05, 0.1) is 13.2 Å². The highest BCUT2D eigenvalue weighted by Crippen LogP contribution is 1.93. The first-order valence-corrected chi connectivity index (χ1v) is 6.08. The monoisotopic (exact) mass is 231 g/mol. The van der Waals surface area contributed by atoms with E-state index < -0.39 is 0 Å². The van der Waals surface area contributed by atoms with Crippen LogP contribution in [0.15, 0.2) is 0 Å². The summed E-state index contributed by atoms with van der Waals surface area (Å²) < 4.78 is 5.03. The van der Waals surface area contributed by atoms with Gasteiger partial charge in [-0.3, -0.25) is 4.79 Å². The van der Waals surface area contributed by atoms with E-state index in [1.807, 2.05) is 0 Å². The summed E-state index contributed by atoms with van der Waals surface area (Å²) in [6.45, 7) is 5.97. The summed E-state index contributed by atoms with van der Waals surface area (Å²) in [6.07, 6.45) is 3.21. The Balaban J connectivity index is 3.11. The fraction of sp³-hybridized carbons (Fsp3) is 0.909. The maximum absolute atomic E-state index is 11.2. The highest BCUT2D eigenvalue weighted by molar-refractivity contribution is 5.71. The molecule has 0 aromatic carbocycles. The zero-order valence-corrected chi connectivity index (χ0v) is 10.3. The summed E-state index contributed by atoms with van der Waals surface area (Å²) in [7, 11) is 0. The van der Waals surface area contributed by atoms with Gasteiger partial charge in [0.1, 0.15) is 0 Å². The Kier molecular flexibility index (Phi) is 11.9. The molecule has 0 fully saturated rings. The average Bonchev–Trinajstić information content (AvgIpc) is 2.29. The van der Waals surface area contributed by atoms with Gasteiger partial charge in [-0.25, -0.2) is 0 Å². The van der Waals surface area contributed by atoms with E-state index in [2.05, 4.69) is 17.6 Å². The molecule has 0 aromatic heterocycles. The number of nitrogens with one attached hydrogen (secondary N) is 2. The zero-order chi connectivity index (χ0) is 12.1. The molecular formula is C11H25N3O2. The number of ether oxygens (including phenoxy) is 1. The number of carbonyl (C=O) groups excluding carboxylic acids is 1. The topological polar surface area (TPSA) is 76.4 Å². The Morgan fingerprint density at radius 2 is 1.94 bits per heavy atom. The summed E-state index contributed by atoms with van der Waals surface area (Å²) in [6, 6.07) is 0. The predicted molar refractivity (Wildman–Crippen MR) is 65.3 cm³/mol. The quantitative estimate of drug-likeness (QED) is 0.341. The summed E-state index contributed by atoms with van der Waals surface area (Å²) in [5.41, 5.74) is 5.31. The SMILES string of the molecule is CCCCCOC(=O)CNCCNCCN. The number of carbonyl (C=O) groups is 1. The van der Waals surface area contributed by atoms with E-state index in [9.17, 15) is 4.79 Å². The van der Waals surface area contributed by atoms with Gasteiger partial charge >= 0.3 is 5.97 Å². The Labute approximate surface area is 98.1 Å². The van der Waals surface area contributed by atoms with Crippen molar-refractivity contribution in [3.8, 4) is 0 Å². The molecular weight excluding hydrogens is 206 g/mol. The molecule has 0 unspecified atom stereocenters. The minimum atomic E-state index is -0.171. The van der Waals surface area contributed by atoms with E-state index in [1.165, 1.54) is 0 Å². The molecule has 0 aliphatic rings. The summed E-state index contributed by atoms with van der Waals surface area (Å²) >= 11 is 0. The van der Waals surface area contributed by atoms with Gasteiger partial charge in [0.15, 0.2) is 0 Å². The molecule has 0 atom stereocenters. The third kappa shape index (κ3) is 11.4. The molecule has 0 saturated carbocycles. The molecule has 0 aliphatic heterocycles. The molecule has 5 heteroatoms. The van der Waals surface area contributed by atoms with Crippen LogP contribution in [-0.2, 0) is 9.53 Å². The van der Waals surface area contributed by atoms with Crippen LogP contribution >= 0.6 is 0 Å². The third-order valence-corrected chi connectivity index (χ3v) is 2.08. The van der Waals surface area contributed by atoms with Crippen molar-refractivity contribution in [1.82, 2.24) is 10.6 Å². The summed E-state index contributed by atoms with van der Waals surface area (Å²) in [4.78, 5) is 11.2. The number of hydrogen-bond acceptors (Lipinski definition) is 5. The van der Waals surface area contributed by atoms with Crippen LogP contribution in [0.1, 0.15) is 26.2 Å². The summed E-state index contributed by atoms with van der Waals surface area (Å²) in [5.74, 6) is -0.171. The Morgan fingerprint density at radius 3 is 2.62 bits per heavy atom. The number of esters is 1. The molecule has 0 saturated heterocycles. The van der Waals surface area contributed by atoms with Crippen LogP contribution in [0.25, 0.3) is 0 Å². The molecule has 0 radical (unpaired) electrons. The predicted octanol–water partition coefficient (Wildman–Crippen LogP) is -0.142. The minimum Gasteiger partial charge on any atom is -0.465 e. The fourth-order valence-electron chi connectivity index (χ4n) is 1.18. The minimum absolute atomic E-state index is 0.171. The van der Waals surface area contributed by atoms with E-state index in [0.717, 1.165) is 38.9 Å². The van der Waals surface area contributed by atoms with Crippen LogP contribution in [0.2, 0.25) is 0 Å². The second kappa shape index (κ2) is 12.4. The van der Waals surface area contributed by atoms with E-state index in [4.69, 9.17) is 10.5 Å². The van der Waals surface area contributed by atoms with E-state index in [-0.39, 0.29) is 12.5 Å². The maximum atomic E-state index is 11.2. The molecule has 0 aliphatic carbocycles. The first kappa shape index (κ1) is 15.3. The van der Waals surface area contributed by atoms with Gasteiger partial charge in [0.25, 0.3) is 0 Å². The molecule has 0 amide bonds. The Bertz CT molecular complexity index is 165. The van der Waals surface area contributed by atoms with Crippen molar-refractivity contribution in [2.45, 2.75) is 26.2 Å². The molecule has 0 aromatic rings. The van der Waals surface area contributed by atoms with Crippen LogP contribution in [0.5, 0.6) is 0 Å². The van der Waals surface area contributed by atoms with Crippen molar-refractivity contribution in [2.24, 2.45) is 5.73 Å². The van der Waals surface area contributed by atoms with Gasteiger partial charge in [-0.15, -0.1) is 0 Å². The molecule has 5 nitrogen and oxygen atoms in total. The van der Waals surface area contributed by atoms with Gasteiger partial charge in [0, 0.05) is 26.2 Å². The number of hydrogen-bond donors (Lipinski definition) is 3. The molecule has 0 spiro atoms. The molecule has 0 rings (SSSR count). The molecule has 16 heavy (non-hydrogen) atoms. The van der Waals surface area contributed by atoms with Gasteiger partial charge in [-0.1, -0.05) is 19.8 Å². The smallest absolute Gasteiger partial charge is 0.319 e. The van der Waals surface area contributed by atoms with E-state index >= 15 is 0 Å². The largest absolute Gasteiger partial charge is 0.465 e.